The molecule has 1 amide bonds. The van der Waals surface area contributed by atoms with Crippen LogP contribution in [-0.2, 0) is 27.5 Å². The number of aryl methyl sites for hydroxylation is 1. The molecule has 1 heterocycles. The lowest BCUT2D eigenvalue weighted by Gasteiger charge is -2.09. The number of anilines is 1. The second-order valence-electron chi connectivity index (χ2n) is 5.41. The maximum atomic E-state index is 12.9. The van der Waals surface area contributed by atoms with Crippen molar-refractivity contribution in [2.75, 3.05) is 11.1 Å². The van der Waals surface area contributed by atoms with Crippen molar-refractivity contribution in [2.45, 2.75) is 30.6 Å². The fourth-order valence-electron chi connectivity index (χ4n) is 2.55. The van der Waals surface area contributed by atoms with Gasteiger partial charge in [-0.05, 0) is 49.9 Å². The van der Waals surface area contributed by atoms with E-state index in [0.717, 1.165) is 61.2 Å². The lowest BCUT2D eigenvalue weighted by molar-refractivity contribution is -0.114. The quantitative estimate of drug-likeness (QED) is 0.863. The molecule has 0 unspecified atom stereocenters. The highest BCUT2D eigenvalue weighted by Gasteiger charge is 2.24. The summed E-state index contributed by atoms with van der Waals surface area (Å²) in [6.07, 6.45) is 3.54. The summed E-state index contributed by atoms with van der Waals surface area (Å²) < 4.78 is 42.2. The molecule has 3 rings (SSSR count). The van der Waals surface area contributed by atoms with Crippen LogP contribution in [0.3, 0.4) is 0 Å². The Hall–Kier alpha value is -2.22. The van der Waals surface area contributed by atoms with Crippen molar-refractivity contribution in [2.24, 2.45) is 0 Å². The van der Waals surface area contributed by atoms with Crippen molar-refractivity contribution in [1.82, 2.24) is 5.16 Å². The highest BCUT2D eigenvalue weighted by atomic mass is 32.2. The molecule has 1 aromatic carbocycles. The van der Waals surface area contributed by atoms with Crippen LogP contribution < -0.4 is 5.32 Å². The molecule has 0 radical (unpaired) electrons. The van der Waals surface area contributed by atoms with Gasteiger partial charge in [-0.3, -0.25) is 10.1 Å². The maximum Gasteiger partial charge on any atom is 0.242 e. The van der Waals surface area contributed by atoms with Crippen LogP contribution in [0.2, 0.25) is 0 Å². The summed E-state index contributed by atoms with van der Waals surface area (Å²) in [5, 5.41) is 6.36. The highest BCUT2D eigenvalue weighted by Crippen LogP contribution is 2.27. The lowest BCUT2D eigenvalue weighted by Crippen LogP contribution is -2.23. The van der Waals surface area contributed by atoms with E-state index in [1.807, 2.05) is 0 Å². The molecule has 0 aliphatic heterocycles. The molecule has 0 spiro atoms. The van der Waals surface area contributed by atoms with Crippen molar-refractivity contribution in [3.63, 3.8) is 0 Å². The van der Waals surface area contributed by atoms with Gasteiger partial charge in [0.15, 0.2) is 9.84 Å². The van der Waals surface area contributed by atoms with E-state index in [1.54, 1.807) is 0 Å². The van der Waals surface area contributed by atoms with Crippen molar-refractivity contribution < 1.29 is 22.1 Å². The molecule has 122 valence electrons. The number of nitrogens with one attached hydrogen (secondary N) is 1. The van der Waals surface area contributed by atoms with Gasteiger partial charge in [0.05, 0.1) is 10.6 Å². The molecule has 0 saturated carbocycles. The van der Waals surface area contributed by atoms with Gasteiger partial charge in [-0.25, -0.2) is 12.8 Å². The third-order valence-corrected chi connectivity index (χ3v) is 5.34. The summed E-state index contributed by atoms with van der Waals surface area (Å²) in [6.45, 7) is 0. The van der Waals surface area contributed by atoms with Gasteiger partial charge in [0, 0.05) is 5.56 Å². The van der Waals surface area contributed by atoms with Gasteiger partial charge in [-0.15, -0.1) is 0 Å². The number of nitrogens with zero attached hydrogens (tertiary/aromatic N) is 1. The first-order valence-corrected chi connectivity index (χ1v) is 8.86. The average molecular weight is 338 g/mol. The second-order valence-corrected chi connectivity index (χ2v) is 7.39. The maximum absolute atomic E-state index is 12.9. The van der Waals surface area contributed by atoms with Crippen LogP contribution in [0.1, 0.15) is 24.1 Å². The Morgan fingerprint density at radius 3 is 2.65 bits per heavy atom. The molecule has 23 heavy (non-hydrogen) atoms. The van der Waals surface area contributed by atoms with Crippen LogP contribution >= 0.6 is 0 Å². The van der Waals surface area contributed by atoms with E-state index in [1.165, 1.54) is 0 Å². The van der Waals surface area contributed by atoms with E-state index in [-0.39, 0.29) is 10.8 Å². The second kappa shape index (κ2) is 6.11. The minimum absolute atomic E-state index is 0.103. The van der Waals surface area contributed by atoms with Crippen molar-refractivity contribution in [1.29, 1.82) is 0 Å². The standard InChI is InChI=1S/C15H15FN2O4S/c16-10-5-7-11(8-6-10)23(20,21)9-14(19)17-15-12-3-1-2-4-13(12)18-22-15/h5-8H,1-4,9H2,(H,17,19). The number of rotatable bonds is 4. The molecular formula is C15H15FN2O4S. The first-order valence-electron chi connectivity index (χ1n) is 7.21. The number of amides is 1. The van der Waals surface area contributed by atoms with E-state index in [0.29, 0.717) is 0 Å². The first-order chi connectivity index (χ1) is 11.0. The number of hydrogen-bond donors (Lipinski definition) is 1. The number of benzene rings is 1. The van der Waals surface area contributed by atoms with Crippen LogP contribution in [0.15, 0.2) is 33.7 Å². The van der Waals surface area contributed by atoms with E-state index in [4.69, 9.17) is 4.52 Å². The third kappa shape index (κ3) is 3.42. The third-order valence-electron chi connectivity index (χ3n) is 3.71. The largest absolute Gasteiger partial charge is 0.338 e. The predicted octanol–water partition coefficient (Wildman–Crippen LogP) is 2.10. The fourth-order valence-corrected chi connectivity index (χ4v) is 3.68. The van der Waals surface area contributed by atoms with Crippen molar-refractivity contribution in [3.05, 3.63) is 41.3 Å². The summed E-state index contributed by atoms with van der Waals surface area (Å²) in [5.41, 5.74) is 1.65. The number of hydrogen-bond acceptors (Lipinski definition) is 5. The van der Waals surface area contributed by atoms with E-state index >= 15 is 0 Å². The van der Waals surface area contributed by atoms with E-state index in [2.05, 4.69) is 10.5 Å². The van der Waals surface area contributed by atoms with Crippen LogP contribution in [0.5, 0.6) is 0 Å². The molecule has 1 aliphatic rings. The Labute approximate surface area is 132 Å². The number of fused-ring (bicyclic) bond motifs is 1. The monoisotopic (exact) mass is 338 g/mol. The molecule has 6 nitrogen and oxygen atoms in total. The topological polar surface area (TPSA) is 89.3 Å². The number of carbonyl (C=O) groups is 1. The van der Waals surface area contributed by atoms with Crippen LogP contribution in [0.4, 0.5) is 10.3 Å². The predicted molar refractivity (Wildman–Crippen MR) is 80.2 cm³/mol. The molecule has 2 aromatic rings. The van der Waals surface area contributed by atoms with Gasteiger partial charge in [0.1, 0.15) is 11.6 Å². The van der Waals surface area contributed by atoms with Crippen molar-refractivity contribution in [3.8, 4) is 0 Å². The zero-order valence-corrected chi connectivity index (χ0v) is 13.0. The Morgan fingerprint density at radius 1 is 1.22 bits per heavy atom. The summed E-state index contributed by atoms with van der Waals surface area (Å²) in [4.78, 5) is 11.9. The smallest absolute Gasteiger partial charge is 0.242 e. The Bertz CT molecular complexity index is 828. The summed E-state index contributed by atoms with van der Waals surface area (Å²) in [6, 6.07) is 4.34. The minimum atomic E-state index is -3.84. The van der Waals surface area contributed by atoms with Crippen LogP contribution in [0, 0.1) is 5.82 Å². The lowest BCUT2D eigenvalue weighted by atomic mass is 9.98. The molecule has 1 N–H and O–H groups in total. The number of carbonyl (C=O) groups excluding carboxylic acids is 1. The summed E-state index contributed by atoms with van der Waals surface area (Å²) in [5.74, 6) is -1.77. The fraction of sp³-hybridized carbons (Fsp3) is 0.333. The number of sulfone groups is 1. The zero-order chi connectivity index (χ0) is 16.4. The van der Waals surface area contributed by atoms with Gasteiger partial charge >= 0.3 is 0 Å². The zero-order valence-electron chi connectivity index (χ0n) is 12.2. The Morgan fingerprint density at radius 2 is 1.91 bits per heavy atom. The summed E-state index contributed by atoms with van der Waals surface area (Å²) >= 11 is 0. The van der Waals surface area contributed by atoms with E-state index in [9.17, 15) is 17.6 Å². The van der Waals surface area contributed by atoms with Crippen LogP contribution in [0.25, 0.3) is 0 Å². The normalized spacial score (nSPS) is 14.3. The Balaban J connectivity index is 1.72. The van der Waals surface area contributed by atoms with Gasteiger partial charge < -0.3 is 4.52 Å². The molecule has 0 bridgehead atoms. The number of aromatic nitrogens is 1. The van der Waals surface area contributed by atoms with E-state index < -0.39 is 27.3 Å². The number of halogens is 1. The molecule has 8 heteroatoms. The first kappa shape index (κ1) is 15.7. The Kier molecular flexibility index (Phi) is 4.16. The van der Waals surface area contributed by atoms with Gasteiger partial charge in [-0.2, -0.15) is 0 Å². The molecule has 1 aliphatic carbocycles. The van der Waals surface area contributed by atoms with Gasteiger partial charge in [0.25, 0.3) is 0 Å². The van der Waals surface area contributed by atoms with Gasteiger partial charge in [-0.1, -0.05) is 5.16 Å². The van der Waals surface area contributed by atoms with Crippen molar-refractivity contribution >= 4 is 21.6 Å². The highest BCUT2D eigenvalue weighted by molar-refractivity contribution is 7.92. The average Bonchev–Trinajstić information content (AvgIpc) is 2.90. The molecular weight excluding hydrogens is 323 g/mol. The summed E-state index contributed by atoms with van der Waals surface area (Å²) in [7, 11) is -3.84. The molecule has 1 aromatic heterocycles. The molecule has 0 saturated heterocycles. The minimum Gasteiger partial charge on any atom is -0.338 e. The molecule has 0 atom stereocenters. The van der Waals surface area contributed by atoms with Crippen LogP contribution in [-0.4, -0.2) is 25.2 Å². The molecule has 0 fully saturated rings. The van der Waals surface area contributed by atoms with Gasteiger partial charge in [0.2, 0.25) is 11.8 Å². The SMILES string of the molecule is O=C(CS(=O)(=O)c1ccc(F)cc1)Nc1onc2c1CCCC2.